The molecule has 0 bridgehead atoms. The highest BCUT2D eigenvalue weighted by atomic mass is 32.2. The van der Waals surface area contributed by atoms with Gasteiger partial charge in [0.25, 0.3) is 0 Å². The zero-order valence-corrected chi connectivity index (χ0v) is 11.1. The molecule has 1 heterocycles. The van der Waals surface area contributed by atoms with Crippen molar-refractivity contribution in [2.24, 2.45) is 5.73 Å². The number of hydrogen-bond acceptors (Lipinski definition) is 3. The van der Waals surface area contributed by atoms with Crippen molar-refractivity contribution in [1.82, 2.24) is 4.98 Å². The van der Waals surface area contributed by atoms with Crippen LogP contribution in [0.1, 0.15) is 25.8 Å². The molecule has 1 aromatic heterocycles. The van der Waals surface area contributed by atoms with Crippen LogP contribution in [0.15, 0.2) is 35.4 Å². The van der Waals surface area contributed by atoms with Crippen LogP contribution in [0.4, 0.5) is 0 Å². The Morgan fingerprint density at radius 2 is 2.12 bits per heavy atom. The highest BCUT2D eigenvalue weighted by Crippen LogP contribution is 2.33. The summed E-state index contributed by atoms with van der Waals surface area (Å²) >= 11 is 1.90. The van der Waals surface area contributed by atoms with Crippen LogP contribution >= 0.6 is 11.8 Å². The second-order valence-corrected chi connectivity index (χ2v) is 5.62. The van der Waals surface area contributed by atoms with Crippen molar-refractivity contribution in [3.63, 3.8) is 0 Å². The highest BCUT2D eigenvalue weighted by molar-refractivity contribution is 8.00. The largest absolute Gasteiger partial charge is 0.326 e. The number of hydrogen-bond donors (Lipinski definition) is 1. The van der Waals surface area contributed by atoms with Crippen LogP contribution < -0.4 is 5.73 Å². The first kappa shape index (κ1) is 12.4. The number of para-hydroxylation sites is 1. The number of rotatable bonds is 4. The summed E-state index contributed by atoms with van der Waals surface area (Å²) in [5, 5.41) is 1.83. The molecule has 0 saturated carbocycles. The van der Waals surface area contributed by atoms with Gasteiger partial charge in [-0.3, -0.25) is 4.98 Å². The third-order valence-corrected chi connectivity index (χ3v) is 4.37. The van der Waals surface area contributed by atoms with Gasteiger partial charge in [0.05, 0.1) is 5.52 Å². The number of aromatic nitrogens is 1. The summed E-state index contributed by atoms with van der Waals surface area (Å²) in [6, 6.07) is 8.27. The van der Waals surface area contributed by atoms with E-state index in [9.17, 15) is 0 Å². The van der Waals surface area contributed by atoms with Gasteiger partial charge in [0.2, 0.25) is 0 Å². The molecule has 0 fully saturated rings. The molecule has 0 aliphatic carbocycles. The van der Waals surface area contributed by atoms with Gasteiger partial charge in [-0.25, -0.2) is 0 Å². The standard InChI is InChI=1S/C14H18N2S/c1-3-10(2)17-14-11(8-15)9-16-13-7-5-4-6-12(13)14/h4-7,9-10H,3,8,15H2,1-2H3. The van der Waals surface area contributed by atoms with Crippen LogP contribution in [-0.2, 0) is 6.54 Å². The molecule has 3 heteroatoms. The number of pyridine rings is 1. The summed E-state index contributed by atoms with van der Waals surface area (Å²) in [6.45, 7) is 5.01. The fraction of sp³-hybridized carbons (Fsp3) is 0.357. The molecule has 17 heavy (non-hydrogen) atoms. The Bertz CT molecular complexity index is 511. The molecule has 1 atom stereocenters. The van der Waals surface area contributed by atoms with Crippen LogP contribution in [0, 0.1) is 0 Å². The van der Waals surface area contributed by atoms with E-state index in [0.717, 1.165) is 17.5 Å². The molecule has 1 aromatic carbocycles. The van der Waals surface area contributed by atoms with Gasteiger partial charge in [0.1, 0.15) is 0 Å². The van der Waals surface area contributed by atoms with Gasteiger partial charge < -0.3 is 5.73 Å². The van der Waals surface area contributed by atoms with E-state index in [0.29, 0.717) is 11.8 Å². The number of nitrogens with zero attached hydrogens (tertiary/aromatic N) is 1. The number of fused-ring (bicyclic) bond motifs is 1. The topological polar surface area (TPSA) is 38.9 Å². The molecular weight excluding hydrogens is 228 g/mol. The highest BCUT2D eigenvalue weighted by Gasteiger charge is 2.11. The van der Waals surface area contributed by atoms with Gasteiger partial charge in [-0.15, -0.1) is 11.8 Å². The van der Waals surface area contributed by atoms with E-state index in [4.69, 9.17) is 5.73 Å². The van der Waals surface area contributed by atoms with E-state index in [1.54, 1.807) is 0 Å². The molecular formula is C14H18N2S. The van der Waals surface area contributed by atoms with E-state index in [2.05, 4.69) is 37.0 Å². The normalized spacial score (nSPS) is 12.9. The lowest BCUT2D eigenvalue weighted by Crippen LogP contribution is -2.02. The first-order valence-electron chi connectivity index (χ1n) is 5.99. The Balaban J connectivity index is 2.54. The van der Waals surface area contributed by atoms with Crippen molar-refractivity contribution >= 4 is 22.7 Å². The molecule has 2 nitrogen and oxygen atoms in total. The lowest BCUT2D eigenvalue weighted by Gasteiger charge is -2.14. The predicted octanol–water partition coefficient (Wildman–Crippen LogP) is 3.58. The van der Waals surface area contributed by atoms with Gasteiger partial charge in [-0.05, 0) is 18.1 Å². The molecule has 2 rings (SSSR count). The van der Waals surface area contributed by atoms with Gasteiger partial charge in [0.15, 0.2) is 0 Å². The second kappa shape index (κ2) is 5.52. The first-order chi connectivity index (χ1) is 8.26. The van der Waals surface area contributed by atoms with Crippen LogP contribution in [-0.4, -0.2) is 10.2 Å². The smallest absolute Gasteiger partial charge is 0.0713 e. The number of nitrogens with two attached hydrogens (primary N) is 1. The molecule has 0 amide bonds. The average Bonchev–Trinajstić information content (AvgIpc) is 2.39. The Kier molecular flexibility index (Phi) is 4.02. The van der Waals surface area contributed by atoms with E-state index in [1.807, 2.05) is 24.0 Å². The maximum atomic E-state index is 5.81. The molecule has 0 radical (unpaired) electrons. The van der Waals surface area contributed by atoms with Crippen LogP contribution in [0.5, 0.6) is 0 Å². The summed E-state index contributed by atoms with van der Waals surface area (Å²) in [5.74, 6) is 0. The molecule has 90 valence electrons. The molecule has 0 aliphatic rings. The van der Waals surface area contributed by atoms with Crippen molar-refractivity contribution in [2.45, 2.75) is 37.0 Å². The first-order valence-corrected chi connectivity index (χ1v) is 6.87. The molecule has 2 aromatic rings. The minimum atomic E-state index is 0.552. The molecule has 0 saturated heterocycles. The van der Waals surface area contributed by atoms with Crippen LogP contribution in [0.2, 0.25) is 0 Å². The monoisotopic (exact) mass is 246 g/mol. The van der Waals surface area contributed by atoms with E-state index >= 15 is 0 Å². The third-order valence-electron chi connectivity index (χ3n) is 2.91. The average molecular weight is 246 g/mol. The SMILES string of the molecule is CCC(C)Sc1c(CN)cnc2ccccc12. The van der Waals surface area contributed by atoms with Crippen LogP contribution in [0.3, 0.4) is 0 Å². The van der Waals surface area contributed by atoms with Crippen molar-refractivity contribution in [3.8, 4) is 0 Å². The maximum absolute atomic E-state index is 5.81. The zero-order chi connectivity index (χ0) is 12.3. The Hall–Kier alpha value is -1.06. The number of thioether (sulfide) groups is 1. The summed E-state index contributed by atoms with van der Waals surface area (Å²) in [6.07, 6.45) is 3.07. The van der Waals surface area contributed by atoms with Gasteiger partial charge in [-0.2, -0.15) is 0 Å². The fourth-order valence-corrected chi connectivity index (χ4v) is 2.88. The molecule has 0 spiro atoms. The summed E-state index contributed by atoms with van der Waals surface area (Å²) < 4.78 is 0. The quantitative estimate of drug-likeness (QED) is 0.838. The predicted molar refractivity (Wildman–Crippen MR) is 75.2 cm³/mol. The molecule has 0 aliphatic heterocycles. The Labute approximate surface area is 107 Å². The van der Waals surface area contributed by atoms with E-state index in [-0.39, 0.29) is 0 Å². The fourth-order valence-electron chi connectivity index (χ4n) is 1.73. The molecule has 1 unspecified atom stereocenters. The van der Waals surface area contributed by atoms with E-state index < -0.39 is 0 Å². The van der Waals surface area contributed by atoms with Gasteiger partial charge in [0, 0.05) is 28.3 Å². The summed E-state index contributed by atoms with van der Waals surface area (Å²) in [7, 11) is 0. The Morgan fingerprint density at radius 3 is 2.82 bits per heavy atom. The van der Waals surface area contributed by atoms with Crippen LogP contribution in [0.25, 0.3) is 10.9 Å². The second-order valence-electron chi connectivity index (χ2n) is 4.17. The lowest BCUT2D eigenvalue weighted by molar-refractivity contribution is 0.903. The molecule has 2 N–H and O–H groups in total. The number of benzene rings is 1. The van der Waals surface area contributed by atoms with Gasteiger partial charge in [-0.1, -0.05) is 32.0 Å². The Morgan fingerprint density at radius 1 is 1.35 bits per heavy atom. The summed E-state index contributed by atoms with van der Waals surface area (Å²) in [5.41, 5.74) is 8.00. The minimum absolute atomic E-state index is 0.552. The van der Waals surface area contributed by atoms with Gasteiger partial charge >= 0.3 is 0 Å². The van der Waals surface area contributed by atoms with Crippen molar-refractivity contribution in [1.29, 1.82) is 0 Å². The van der Waals surface area contributed by atoms with Crippen molar-refractivity contribution < 1.29 is 0 Å². The van der Waals surface area contributed by atoms with E-state index in [1.165, 1.54) is 10.3 Å². The van der Waals surface area contributed by atoms with Crippen molar-refractivity contribution in [3.05, 3.63) is 36.0 Å². The summed E-state index contributed by atoms with van der Waals surface area (Å²) in [4.78, 5) is 5.75. The van der Waals surface area contributed by atoms with Crippen molar-refractivity contribution in [2.75, 3.05) is 0 Å². The zero-order valence-electron chi connectivity index (χ0n) is 10.3. The lowest BCUT2D eigenvalue weighted by atomic mass is 10.1. The third kappa shape index (κ3) is 2.61. The minimum Gasteiger partial charge on any atom is -0.326 e. The maximum Gasteiger partial charge on any atom is 0.0713 e.